The maximum Gasteiger partial charge on any atom is 0.194 e. The average molecular weight is 779 g/mol. The van der Waals surface area contributed by atoms with Crippen LogP contribution in [-0.4, -0.2) is 5.78 Å². The summed E-state index contributed by atoms with van der Waals surface area (Å²) in [6.07, 6.45) is 0. The van der Waals surface area contributed by atoms with E-state index in [0.717, 1.165) is 0 Å². The molecule has 0 saturated carbocycles. The van der Waals surface area contributed by atoms with E-state index in [1.165, 1.54) is 0 Å². The summed E-state index contributed by atoms with van der Waals surface area (Å²) in [5.74, 6) is -0.181. The average Bonchev–Trinajstić information content (AvgIpc) is 3.71. The first-order valence-electron chi connectivity index (χ1n) is 18.5. The molecule has 0 fully saturated rings. The summed E-state index contributed by atoms with van der Waals surface area (Å²) in [6, 6.07) is 62.3. The van der Waals surface area contributed by atoms with Gasteiger partial charge in [0.05, 0.1) is 0 Å². The minimum absolute atomic E-state index is 0.181. The summed E-state index contributed by atoms with van der Waals surface area (Å²) in [7, 11) is -10.2. The second-order valence-corrected chi connectivity index (χ2v) is 22.4. The monoisotopic (exact) mass is 778 g/mol. The summed E-state index contributed by atoms with van der Waals surface area (Å²) in [5, 5.41) is 5.87. The van der Waals surface area contributed by atoms with Gasteiger partial charge in [-0.2, -0.15) is 0 Å². The van der Waals surface area contributed by atoms with Gasteiger partial charge in [0.1, 0.15) is 0 Å². The van der Waals surface area contributed by atoms with E-state index in [4.69, 9.17) is 0 Å². The molecule has 4 nitrogen and oxygen atoms in total. The number of ketones is 1. The summed E-state index contributed by atoms with van der Waals surface area (Å²) in [4.78, 5) is 14.8. The van der Waals surface area contributed by atoms with Crippen molar-refractivity contribution in [2.24, 2.45) is 0 Å². The van der Waals surface area contributed by atoms with Gasteiger partial charge >= 0.3 is 0 Å². The summed E-state index contributed by atoms with van der Waals surface area (Å²) in [6.45, 7) is 0. The molecule has 2 aliphatic rings. The Bertz CT molecular complexity index is 2910. The molecule has 7 heteroatoms. The first kappa shape index (κ1) is 34.6. The van der Waals surface area contributed by atoms with Crippen molar-refractivity contribution >= 4 is 74.9 Å². The zero-order valence-corrected chi connectivity index (χ0v) is 32.7. The van der Waals surface area contributed by atoms with E-state index < -0.39 is 21.4 Å². The molecule has 1 unspecified atom stereocenters. The lowest BCUT2D eigenvalue weighted by Gasteiger charge is -2.21. The standard InChI is InChI=1S/C49H33O4P3/c50-49-42-28-26-39(54(51,34-16-6-1-7-17-34)35-18-8-2-9-19-35)32-43(42)41-29-31-46-47(48(41)49)44-33-40(27-30-45(44)56(46,53)38-24-14-5-15-25-38)55(52,36-20-10-3-11-21-36)37-22-12-4-13-23-37/h1-33H. The fourth-order valence-corrected chi connectivity index (χ4v) is 16.9. The van der Waals surface area contributed by atoms with Gasteiger partial charge in [0, 0.05) is 64.4 Å². The molecule has 1 atom stereocenters. The highest BCUT2D eigenvalue weighted by atomic mass is 31.2. The number of carbonyl (C=O) groups excluding carboxylic acids is 1. The molecule has 0 bridgehead atoms. The van der Waals surface area contributed by atoms with E-state index >= 15 is 13.7 Å². The van der Waals surface area contributed by atoms with Crippen molar-refractivity contribution in [3.63, 3.8) is 0 Å². The number of fused-ring (bicyclic) bond motifs is 7. The third kappa shape index (κ3) is 4.94. The van der Waals surface area contributed by atoms with Gasteiger partial charge in [-0.1, -0.05) is 170 Å². The van der Waals surface area contributed by atoms with Crippen molar-refractivity contribution in [2.45, 2.75) is 0 Å². The van der Waals surface area contributed by atoms with Crippen molar-refractivity contribution in [3.8, 4) is 22.3 Å². The minimum Gasteiger partial charge on any atom is -0.309 e. The van der Waals surface area contributed by atoms with Crippen LogP contribution in [0.5, 0.6) is 0 Å². The number of carbonyl (C=O) groups is 1. The highest BCUT2D eigenvalue weighted by Crippen LogP contribution is 2.57. The molecule has 8 aromatic rings. The van der Waals surface area contributed by atoms with Gasteiger partial charge in [-0.3, -0.25) is 4.79 Å². The molecule has 0 aromatic heterocycles. The highest BCUT2D eigenvalue weighted by molar-refractivity contribution is 7.87. The zero-order valence-electron chi connectivity index (χ0n) is 30.0. The number of hydrogen-bond acceptors (Lipinski definition) is 4. The second-order valence-electron chi connectivity index (χ2n) is 14.1. The van der Waals surface area contributed by atoms with Gasteiger partial charge in [0.2, 0.25) is 0 Å². The molecule has 0 spiro atoms. The van der Waals surface area contributed by atoms with Crippen molar-refractivity contribution in [1.82, 2.24) is 0 Å². The Labute approximate surface area is 325 Å². The molecule has 268 valence electrons. The molecule has 0 saturated heterocycles. The molecule has 56 heavy (non-hydrogen) atoms. The maximum absolute atomic E-state index is 15.8. The van der Waals surface area contributed by atoms with Crippen LogP contribution in [-0.2, 0) is 13.7 Å². The number of benzene rings is 8. The van der Waals surface area contributed by atoms with Crippen LogP contribution in [0.25, 0.3) is 22.3 Å². The number of rotatable bonds is 7. The lowest BCUT2D eigenvalue weighted by Crippen LogP contribution is -2.26. The smallest absolute Gasteiger partial charge is 0.194 e. The Morgan fingerprint density at radius 3 is 1.21 bits per heavy atom. The van der Waals surface area contributed by atoms with Crippen molar-refractivity contribution < 1.29 is 18.5 Å². The third-order valence-corrected chi connectivity index (χ3v) is 20.5. The molecule has 10 rings (SSSR count). The van der Waals surface area contributed by atoms with Crippen LogP contribution in [0.4, 0.5) is 0 Å². The fraction of sp³-hybridized carbons (Fsp3) is 0. The van der Waals surface area contributed by atoms with Crippen LogP contribution in [0, 0.1) is 0 Å². The number of hydrogen-bond donors (Lipinski definition) is 0. The van der Waals surface area contributed by atoms with Crippen LogP contribution in [0.2, 0.25) is 0 Å². The van der Waals surface area contributed by atoms with Crippen LogP contribution in [0.3, 0.4) is 0 Å². The van der Waals surface area contributed by atoms with Crippen LogP contribution >= 0.6 is 21.4 Å². The molecule has 1 aliphatic carbocycles. The first-order chi connectivity index (χ1) is 27.3. The Kier molecular flexibility index (Phi) is 8.10. The van der Waals surface area contributed by atoms with E-state index in [0.29, 0.717) is 81.1 Å². The van der Waals surface area contributed by atoms with E-state index in [1.54, 1.807) is 6.07 Å². The van der Waals surface area contributed by atoms with Crippen molar-refractivity contribution in [3.05, 3.63) is 211 Å². The molecular weight excluding hydrogens is 745 g/mol. The van der Waals surface area contributed by atoms with Gasteiger partial charge < -0.3 is 13.7 Å². The predicted octanol–water partition coefficient (Wildman–Crippen LogP) is 7.80. The van der Waals surface area contributed by atoms with Gasteiger partial charge in [0.15, 0.2) is 27.2 Å². The van der Waals surface area contributed by atoms with Crippen molar-refractivity contribution in [2.75, 3.05) is 0 Å². The quantitative estimate of drug-likeness (QED) is 0.155. The normalized spacial score (nSPS) is 15.5. The van der Waals surface area contributed by atoms with Crippen LogP contribution in [0.15, 0.2) is 200 Å². The SMILES string of the molecule is O=C1c2ccc(P(=O)(c3ccccc3)c3ccccc3)cc2-c2ccc3c(c21)-c1cc(P(=O)(c2ccccc2)c2ccccc2)ccc1P3(=O)c1ccccc1. The Balaban J connectivity index is 1.23. The molecule has 1 aliphatic heterocycles. The summed E-state index contributed by atoms with van der Waals surface area (Å²) in [5.41, 5.74) is 3.61. The van der Waals surface area contributed by atoms with E-state index in [-0.39, 0.29) is 5.78 Å². The Hall–Kier alpha value is -5.88. The van der Waals surface area contributed by atoms with Gasteiger partial charge in [0.25, 0.3) is 0 Å². The topological polar surface area (TPSA) is 68.3 Å². The first-order valence-corrected chi connectivity index (χ1v) is 23.6. The van der Waals surface area contributed by atoms with E-state index in [2.05, 4.69) is 0 Å². The second kappa shape index (κ2) is 13.1. The van der Waals surface area contributed by atoms with Gasteiger partial charge in [-0.25, -0.2) is 0 Å². The minimum atomic E-state index is -3.48. The Morgan fingerprint density at radius 1 is 0.339 bits per heavy atom. The summed E-state index contributed by atoms with van der Waals surface area (Å²) < 4.78 is 46.9. The lowest BCUT2D eigenvalue weighted by molar-refractivity contribution is 0.104. The molecule has 0 N–H and O–H groups in total. The highest BCUT2D eigenvalue weighted by Gasteiger charge is 2.46. The maximum atomic E-state index is 15.8. The molecule has 0 amide bonds. The molecule has 8 aromatic carbocycles. The molecule has 1 heterocycles. The van der Waals surface area contributed by atoms with Crippen LogP contribution < -0.4 is 47.7 Å². The molecular formula is C49H33O4P3. The van der Waals surface area contributed by atoms with E-state index in [1.807, 2.05) is 194 Å². The lowest BCUT2D eigenvalue weighted by atomic mass is 9.95. The zero-order chi connectivity index (χ0) is 38.1. The van der Waals surface area contributed by atoms with Crippen molar-refractivity contribution in [1.29, 1.82) is 0 Å². The van der Waals surface area contributed by atoms with Gasteiger partial charge in [-0.15, -0.1) is 0 Å². The third-order valence-electron chi connectivity index (χ3n) is 11.2. The fourth-order valence-electron chi connectivity index (χ4n) is 8.56. The summed E-state index contributed by atoms with van der Waals surface area (Å²) >= 11 is 0. The largest absolute Gasteiger partial charge is 0.309 e. The van der Waals surface area contributed by atoms with Crippen LogP contribution in [0.1, 0.15) is 15.9 Å². The molecule has 0 radical (unpaired) electrons. The van der Waals surface area contributed by atoms with E-state index in [9.17, 15) is 4.79 Å². The predicted molar refractivity (Wildman–Crippen MR) is 232 cm³/mol. The Morgan fingerprint density at radius 2 is 0.732 bits per heavy atom. The van der Waals surface area contributed by atoms with Gasteiger partial charge in [-0.05, 0) is 47.0 Å².